The van der Waals surface area contributed by atoms with E-state index in [1.165, 1.54) is 10.5 Å². The maximum absolute atomic E-state index is 13.4. The second-order valence-corrected chi connectivity index (χ2v) is 9.93. The lowest BCUT2D eigenvalue weighted by Crippen LogP contribution is -2.30. The Hall–Kier alpha value is -4.94. The molecule has 0 aliphatic heterocycles. The fourth-order valence-electron chi connectivity index (χ4n) is 3.55. The summed E-state index contributed by atoms with van der Waals surface area (Å²) in [4.78, 5) is 12.7. The zero-order valence-electron chi connectivity index (χ0n) is 20.3. The Bertz CT molecular complexity index is 1530. The van der Waals surface area contributed by atoms with Gasteiger partial charge in [0.1, 0.15) is 11.8 Å². The summed E-state index contributed by atoms with van der Waals surface area (Å²) in [6.45, 7) is 0.0603. The van der Waals surface area contributed by atoms with Crippen LogP contribution in [-0.2, 0) is 16.6 Å². The zero-order valence-corrected chi connectivity index (χ0v) is 21.1. The molecule has 1 amide bonds. The summed E-state index contributed by atoms with van der Waals surface area (Å²) < 4.78 is 33.4. The summed E-state index contributed by atoms with van der Waals surface area (Å²) in [5.41, 5.74) is 4.85. The molecule has 0 spiro atoms. The largest absolute Gasteiger partial charge is 0.479 e. The summed E-state index contributed by atoms with van der Waals surface area (Å²) >= 11 is 0. The Morgan fingerprint density at radius 2 is 1.53 bits per heavy atom. The molecule has 4 rings (SSSR count). The number of sulfonamides is 1. The predicted molar refractivity (Wildman–Crippen MR) is 145 cm³/mol. The third-order valence-corrected chi connectivity index (χ3v) is 7.27. The fraction of sp³-hybridized carbons (Fsp3) is 0.0690. The Labute approximate surface area is 221 Å². The number of hydrazone groups is 1. The van der Waals surface area contributed by atoms with Crippen LogP contribution in [0.3, 0.4) is 0 Å². The average molecular weight is 525 g/mol. The van der Waals surface area contributed by atoms with Crippen LogP contribution in [0.1, 0.15) is 21.5 Å². The first-order chi connectivity index (χ1) is 18.5. The highest BCUT2D eigenvalue weighted by Crippen LogP contribution is 2.26. The smallest absolute Gasteiger partial charge is 0.271 e. The Morgan fingerprint density at radius 1 is 0.895 bits per heavy atom. The monoisotopic (exact) mass is 524 g/mol. The highest BCUT2D eigenvalue weighted by atomic mass is 32.2. The first-order valence-electron chi connectivity index (χ1n) is 11.6. The van der Waals surface area contributed by atoms with Gasteiger partial charge in [-0.3, -0.25) is 9.10 Å². The number of nitrogens with one attached hydrogen (secondary N) is 1. The van der Waals surface area contributed by atoms with Crippen LogP contribution >= 0.6 is 0 Å². The lowest BCUT2D eigenvalue weighted by atomic mass is 10.1. The molecule has 9 heteroatoms. The normalized spacial score (nSPS) is 11.0. The molecule has 0 aliphatic rings. The van der Waals surface area contributed by atoms with Crippen molar-refractivity contribution >= 4 is 27.8 Å². The quantitative estimate of drug-likeness (QED) is 0.238. The van der Waals surface area contributed by atoms with E-state index in [2.05, 4.69) is 10.5 Å². The lowest BCUT2D eigenvalue weighted by molar-refractivity contribution is 0.0955. The number of ether oxygens (including phenoxy) is 1. The van der Waals surface area contributed by atoms with Gasteiger partial charge in [-0.1, -0.05) is 48.5 Å². The minimum Gasteiger partial charge on any atom is -0.479 e. The van der Waals surface area contributed by atoms with Gasteiger partial charge in [0, 0.05) is 5.56 Å². The molecule has 0 aliphatic carbocycles. The van der Waals surface area contributed by atoms with Crippen molar-refractivity contribution in [3.05, 3.63) is 126 Å². The number of carbonyl (C=O) groups is 1. The minimum absolute atomic E-state index is 0.0323. The average Bonchev–Trinajstić information content (AvgIpc) is 2.96. The third kappa shape index (κ3) is 6.63. The fourth-order valence-corrected chi connectivity index (χ4v) is 5.03. The highest BCUT2D eigenvalue weighted by Gasteiger charge is 2.25. The van der Waals surface area contributed by atoms with Crippen LogP contribution in [0, 0.1) is 11.3 Å². The van der Waals surface area contributed by atoms with Crippen molar-refractivity contribution in [2.24, 2.45) is 5.10 Å². The number of rotatable bonds is 10. The molecule has 1 N–H and O–H groups in total. The molecule has 0 saturated carbocycles. The molecule has 0 bridgehead atoms. The second-order valence-electron chi connectivity index (χ2n) is 8.07. The molecule has 4 aromatic carbocycles. The van der Waals surface area contributed by atoms with E-state index in [1.54, 1.807) is 103 Å². The van der Waals surface area contributed by atoms with E-state index in [4.69, 9.17) is 10.00 Å². The zero-order chi connectivity index (χ0) is 26.8. The SMILES string of the molecule is N#CCOc1ccc(/C=N/NC(=O)c2ccc(CN(c3ccccc3)S(=O)(=O)c3ccccc3)cc2)cc1. The third-order valence-electron chi connectivity index (χ3n) is 5.48. The number of amides is 1. The Morgan fingerprint density at radius 3 is 2.16 bits per heavy atom. The van der Waals surface area contributed by atoms with Crippen LogP contribution < -0.4 is 14.5 Å². The van der Waals surface area contributed by atoms with Gasteiger partial charge < -0.3 is 4.74 Å². The molecule has 8 nitrogen and oxygen atoms in total. The van der Waals surface area contributed by atoms with E-state index in [0.29, 0.717) is 22.6 Å². The van der Waals surface area contributed by atoms with Crippen molar-refractivity contribution in [2.45, 2.75) is 11.4 Å². The Kier molecular flexibility index (Phi) is 8.49. The van der Waals surface area contributed by atoms with Gasteiger partial charge in [0.25, 0.3) is 15.9 Å². The number of anilines is 1. The Balaban J connectivity index is 1.44. The number of carbonyl (C=O) groups excluding carboxylic acids is 1. The van der Waals surface area contributed by atoms with Gasteiger partial charge in [-0.25, -0.2) is 13.8 Å². The van der Waals surface area contributed by atoms with Gasteiger partial charge in [-0.05, 0) is 71.8 Å². The predicted octanol–water partition coefficient (Wildman–Crippen LogP) is 4.75. The van der Waals surface area contributed by atoms with Crippen molar-refractivity contribution in [1.82, 2.24) is 5.43 Å². The van der Waals surface area contributed by atoms with Crippen LogP contribution in [0.2, 0.25) is 0 Å². The molecule has 0 unspecified atom stereocenters. The topological polar surface area (TPSA) is 112 Å². The maximum Gasteiger partial charge on any atom is 0.271 e. The van der Waals surface area contributed by atoms with E-state index in [1.807, 2.05) is 12.1 Å². The molecular weight excluding hydrogens is 500 g/mol. The minimum atomic E-state index is -3.81. The van der Waals surface area contributed by atoms with Crippen LogP contribution in [0.4, 0.5) is 5.69 Å². The summed E-state index contributed by atoms with van der Waals surface area (Å²) in [6, 6.07) is 32.6. The molecule has 0 heterocycles. The van der Waals surface area contributed by atoms with Crippen molar-refractivity contribution in [3.63, 3.8) is 0 Å². The standard InChI is InChI=1S/C29H24N4O4S/c30-19-20-37-27-17-13-23(14-18-27)21-31-32-29(34)25-15-11-24(12-16-25)22-33(26-7-3-1-4-8-26)38(35,36)28-9-5-2-6-10-28/h1-18,21H,20,22H2,(H,32,34)/b31-21+. The van der Waals surface area contributed by atoms with Gasteiger partial charge in [-0.2, -0.15) is 10.4 Å². The molecule has 0 saturated heterocycles. The molecule has 4 aromatic rings. The van der Waals surface area contributed by atoms with Gasteiger partial charge in [-0.15, -0.1) is 0 Å². The summed E-state index contributed by atoms with van der Waals surface area (Å²) in [6.07, 6.45) is 1.49. The molecule has 0 atom stereocenters. The van der Waals surface area contributed by atoms with Gasteiger partial charge in [0.2, 0.25) is 0 Å². The van der Waals surface area contributed by atoms with E-state index < -0.39 is 15.9 Å². The van der Waals surface area contributed by atoms with Crippen molar-refractivity contribution in [3.8, 4) is 11.8 Å². The summed E-state index contributed by atoms with van der Waals surface area (Å²) in [5.74, 6) is 0.161. The molecule has 0 radical (unpaired) electrons. The lowest BCUT2D eigenvalue weighted by Gasteiger charge is -2.24. The van der Waals surface area contributed by atoms with Crippen LogP contribution in [0.5, 0.6) is 5.75 Å². The van der Waals surface area contributed by atoms with Gasteiger partial charge in [0.05, 0.1) is 23.3 Å². The summed E-state index contributed by atoms with van der Waals surface area (Å²) in [7, 11) is -3.81. The van der Waals surface area contributed by atoms with E-state index in [-0.39, 0.29) is 18.0 Å². The second kappa shape index (κ2) is 12.3. The molecule has 38 heavy (non-hydrogen) atoms. The van der Waals surface area contributed by atoms with Gasteiger partial charge in [0.15, 0.2) is 6.61 Å². The van der Waals surface area contributed by atoms with E-state index >= 15 is 0 Å². The van der Waals surface area contributed by atoms with E-state index in [9.17, 15) is 13.2 Å². The maximum atomic E-state index is 13.4. The first-order valence-corrected chi connectivity index (χ1v) is 13.1. The van der Waals surface area contributed by atoms with Crippen molar-refractivity contribution in [2.75, 3.05) is 10.9 Å². The molecular formula is C29H24N4O4S. The van der Waals surface area contributed by atoms with Gasteiger partial charge >= 0.3 is 0 Å². The highest BCUT2D eigenvalue weighted by molar-refractivity contribution is 7.92. The number of hydrogen-bond acceptors (Lipinski definition) is 6. The van der Waals surface area contributed by atoms with Crippen LogP contribution in [0.15, 0.2) is 119 Å². The molecule has 0 aromatic heterocycles. The van der Waals surface area contributed by atoms with Crippen molar-refractivity contribution < 1.29 is 17.9 Å². The molecule has 190 valence electrons. The number of nitriles is 1. The molecule has 0 fully saturated rings. The van der Waals surface area contributed by atoms with Crippen LogP contribution in [0.25, 0.3) is 0 Å². The number of para-hydroxylation sites is 1. The number of benzene rings is 4. The van der Waals surface area contributed by atoms with Crippen LogP contribution in [-0.4, -0.2) is 27.1 Å². The van der Waals surface area contributed by atoms with E-state index in [0.717, 1.165) is 5.56 Å². The number of nitrogens with zero attached hydrogens (tertiary/aromatic N) is 3. The van der Waals surface area contributed by atoms with Crippen molar-refractivity contribution in [1.29, 1.82) is 5.26 Å². The number of hydrogen-bond donors (Lipinski definition) is 1. The summed E-state index contributed by atoms with van der Waals surface area (Å²) in [5, 5.41) is 12.5. The first kappa shape index (κ1) is 26.1.